The van der Waals surface area contributed by atoms with Crippen LogP contribution in [-0.4, -0.2) is 0 Å². The second-order valence-electron chi connectivity index (χ2n) is 3.95. The van der Waals surface area contributed by atoms with E-state index < -0.39 is 0 Å². The van der Waals surface area contributed by atoms with Crippen LogP contribution in [0.5, 0.6) is 0 Å². The quantitative estimate of drug-likeness (QED) is 0.677. The van der Waals surface area contributed by atoms with Crippen LogP contribution in [0.4, 0.5) is 10.1 Å². The summed E-state index contributed by atoms with van der Waals surface area (Å²) in [6.07, 6.45) is 0. The van der Waals surface area contributed by atoms with Gasteiger partial charge in [-0.05, 0) is 54.4 Å². The SMILES string of the molecule is C=C1c2cc(F)ccc2SN1c1ccc(Cl)cc1. The minimum absolute atomic E-state index is 0.242. The lowest BCUT2D eigenvalue weighted by atomic mass is 10.1. The topological polar surface area (TPSA) is 3.24 Å². The molecule has 1 heterocycles. The zero-order valence-corrected chi connectivity index (χ0v) is 10.9. The minimum atomic E-state index is -0.242. The molecule has 0 N–H and O–H groups in total. The Morgan fingerprint density at radius 1 is 1.11 bits per heavy atom. The second kappa shape index (κ2) is 4.34. The van der Waals surface area contributed by atoms with Crippen molar-refractivity contribution in [3.05, 3.63) is 65.4 Å². The average molecular weight is 278 g/mol. The van der Waals surface area contributed by atoms with Gasteiger partial charge in [-0.1, -0.05) is 18.2 Å². The van der Waals surface area contributed by atoms with Crippen molar-refractivity contribution in [3.63, 3.8) is 0 Å². The Hall–Kier alpha value is -1.45. The Bertz CT molecular complexity index is 624. The van der Waals surface area contributed by atoms with Crippen LogP contribution < -0.4 is 4.31 Å². The lowest BCUT2D eigenvalue weighted by molar-refractivity contribution is 0.626. The molecule has 0 saturated carbocycles. The predicted octanol–water partition coefficient (Wildman–Crippen LogP) is 4.98. The highest BCUT2D eigenvalue weighted by atomic mass is 35.5. The molecule has 1 aliphatic rings. The van der Waals surface area contributed by atoms with Crippen LogP contribution in [0.2, 0.25) is 5.02 Å². The summed E-state index contributed by atoms with van der Waals surface area (Å²) in [6.45, 7) is 4.02. The number of fused-ring (bicyclic) bond motifs is 1. The summed E-state index contributed by atoms with van der Waals surface area (Å²) in [6, 6.07) is 12.2. The number of nitrogens with zero attached hydrogens (tertiary/aromatic N) is 1. The Balaban J connectivity index is 1.99. The van der Waals surface area contributed by atoms with E-state index in [2.05, 4.69) is 6.58 Å². The van der Waals surface area contributed by atoms with E-state index >= 15 is 0 Å². The van der Waals surface area contributed by atoms with Gasteiger partial charge in [0.15, 0.2) is 0 Å². The van der Waals surface area contributed by atoms with Crippen molar-refractivity contribution in [3.8, 4) is 0 Å². The molecule has 0 amide bonds. The molecule has 0 spiro atoms. The van der Waals surface area contributed by atoms with Crippen LogP contribution in [0.1, 0.15) is 5.56 Å². The standard InChI is InChI=1S/C14H9ClFNS/c1-9-13-8-11(16)4-7-14(13)18-17(9)12-5-2-10(15)3-6-12/h2-8H,1H2. The van der Waals surface area contributed by atoms with Gasteiger partial charge < -0.3 is 0 Å². The molecule has 3 rings (SSSR count). The molecule has 0 bridgehead atoms. The summed E-state index contributed by atoms with van der Waals surface area (Å²) in [5.41, 5.74) is 2.61. The van der Waals surface area contributed by atoms with E-state index in [0.717, 1.165) is 21.8 Å². The summed E-state index contributed by atoms with van der Waals surface area (Å²) in [5.74, 6) is -0.242. The van der Waals surface area contributed by atoms with Gasteiger partial charge in [-0.15, -0.1) is 0 Å². The molecule has 1 nitrogen and oxygen atoms in total. The van der Waals surface area contributed by atoms with Gasteiger partial charge in [0.25, 0.3) is 0 Å². The van der Waals surface area contributed by atoms with Crippen LogP contribution >= 0.6 is 23.5 Å². The smallest absolute Gasteiger partial charge is 0.123 e. The second-order valence-corrected chi connectivity index (χ2v) is 5.37. The third kappa shape index (κ3) is 1.89. The molecule has 2 aromatic rings. The van der Waals surface area contributed by atoms with Crippen molar-refractivity contribution < 1.29 is 4.39 Å². The van der Waals surface area contributed by atoms with Gasteiger partial charge in [-0.3, -0.25) is 4.31 Å². The van der Waals surface area contributed by atoms with E-state index in [0.29, 0.717) is 5.02 Å². The average Bonchev–Trinajstić information content (AvgIpc) is 2.68. The maximum atomic E-state index is 13.2. The van der Waals surface area contributed by atoms with Crippen LogP contribution in [-0.2, 0) is 0 Å². The van der Waals surface area contributed by atoms with Gasteiger partial charge >= 0.3 is 0 Å². The molecule has 18 heavy (non-hydrogen) atoms. The van der Waals surface area contributed by atoms with Crippen molar-refractivity contribution in [1.29, 1.82) is 0 Å². The fourth-order valence-corrected chi connectivity index (χ4v) is 3.02. The highest BCUT2D eigenvalue weighted by Gasteiger charge is 2.25. The largest absolute Gasteiger partial charge is 0.280 e. The summed E-state index contributed by atoms with van der Waals surface area (Å²) in [4.78, 5) is 1.01. The van der Waals surface area contributed by atoms with Gasteiger partial charge in [-0.2, -0.15) is 0 Å². The van der Waals surface area contributed by atoms with Gasteiger partial charge in [0, 0.05) is 15.5 Å². The van der Waals surface area contributed by atoms with E-state index in [1.165, 1.54) is 24.1 Å². The summed E-state index contributed by atoms with van der Waals surface area (Å²) >= 11 is 7.40. The third-order valence-electron chi connectivity index (χ3n) is 2.75. The maximum Gasteiger partial charge on any atom is 0.123 e. The number of anilines is 1. The van der Waals surface area contributed by atoms with Crippen molar-refractivity contribution in [2.75, 3.05) is 4.31 Å². The molecule has 0 unspecified atom stereocenters. The first-order chi connectivity index (χ1) is 8.65. The fourth-order valence-electron chi connectivity index (χ4n) is 1.86. The first kappa shape index (κ1) is 11.6. The molecular formula is C14H9ClFNS. The summed E-state index contributed by atoms with van der Waals surface area (Å²) in [5, 5.41) is 0.692. The first-order valence-electron chi connectivity index (χ1n) is 5.37. The first-order valence-corrected chi connectivity index (χ1v) is 6.53. The van der Waals surface area contributed by atoms with Gasteiger partial charge in [-0.25, -0.2) is 4.39 Å². The molecule has 0 aromatic heterocycles. The molecule has 0 fully saturated rings. The molecule has 0 aliphatic carbocycles. The number of hydrogen-bond acceptors (Lipinski definition) is 2. The molecular weight excluding hydrogens is 269 g/mol. The molecule has 0 atom stereocenters. The van der Waals surface area contributed by atoms with E-state index in [1.807, 2.05) is 28.6 Å². The summed E-state index contributed by atoms with van der Waals surface area (Å²) in [7, 11) is 0. The van der Waals surface area contributed by atoms with Crippen molar-refractivity contribution in [2.24, 2.45) is 0 Å². The van der Waals surface area contributed by atoms with Crippen LogP contribution in [0, 0.1) is 5.82 Å². The zero-order valence-electron chi connectivity index (χ0n) is 9.36. The normalized spacial score (nSPS) is 13.9. The van der Waals surface area contributed by atoms with Crippen molar-refractivity contribution in [2.45, 2.75) is 4.90 Å². The van der Waals surface area contributed by atoms with Crippen LogP contribution in [0.25, 0.3) is 5.70 Å². The predicted molar refractivity (Wildman–Crippen MR) is 75.2 cm³/mol. The van der Waals surface area contributed by atoms with Gasteiger partial charge in [0.1, 0.15) is 5.82 Å². The van der Waals surface area contributed by atoms with E-state index in [1.54, 1.807) is 6.07 Å². The summed E-state index contributed by atoms with van der Waals surface area (Å²) < 4.78 is 15.2. The third-order valence-corrected chi connectivity index (χ3v) is 4.17. The van der Waals surface area contributed by atoms with Crippen molar-refractivity contribution in [1.82, 2.24) is 0 Å². The molecule has 0 saturated heterocycles. The van der Waals surface area contributed by atoms with Crippen LogP contribution in [0.15, 0.2) is 53.9 Å². The van der Waals surface area contributed by atoms with Crippen LogP contribution in [0.3, 0.4) is 0 Å². The lowest BCUT2D eigenvalue weighted by Gasteiger charge is -2.17. The Morgan fingerprint density at radius 2 is 1.83 bits per heavy atom. The fraction of sp³-hybridized carbons (Fsp3) is 0. The number of rotatable bonds is 1. The Labute approximate surface area is 114 Å². The molecule has 1 aliphatic heterocycles. The lowest BCUT2D eigenvalue weighted by Crippen LogP contribution is -2.05. The molecule has 2 aromatic carbocycles. The molecule has 0 radical (unpaired) electrons. The minimum Gasteiger partial charge on any atom is -0.280 e. The molecule has 4 heteroatoms. The van der Waals surface area contributed by atoms with E-state index in [4.69, 9.17) is 11.6 Å². The zero-order chi connectivity index (χ0) is 12.7. The monoisotopic (exact) mass is 277 g/mol. The van der Waals surface area contributed by atoms with E-state index in [9.17, 15) is 4.39 Å². The maximum absolute atomic E-state index is 13.2. The number of hydrogen-bond donors (Lipinski definition) is 0. The van der Waals surface area contributed by atoms with Gasteiger partial charge in [0.05, 0.1) is 11.4 Å². The van der Waals surface area contributed by atoms with Gasteiger partial charge in [0.2, 0.25) is 0 Å². The highest BCUT2D eigenvalue weighted by Crippen LogP contribution is 2.45. The Kier molecular flexibility index (Phi) is 2.80. The van der Waals surface area contributed by atoms with Crippen molar-refractivity contribution >= 4 is 34.9 Å². The number of benzene rings is 2. The highest BCUT2D eigenvalue weighted by molar-refractivity contribution is 8.01. The molecule has 90 valence electrons. The Morgan fingerprint density at radius 3 is 2.56 bits per heavy atom. The number of halogens is 2. The van der Waals surface area contributed by atoms with E-state index in [-0.39, 0.29) is 5.82 Å².